The molecule has 1 atom stereocenters. The second-order valence-corrected chi connectivity index (χ2v) is 2.77. The van der Waals surface area contributed by atoms with E-state index in [0.717, 1.165) is 0 Å². The van der Waals surface area contributed by atoms with Crippen LogP contribution in [0.1, 0.15) is 13.8 Å². The van der Waals surface area contributed by atoms with E-state index in [1.54, 1.807) is 7.11 Å². The molecule has 0 fully saturated rings. The predicted molar refractivity (Wildman–Crippen MR) is 42.4 cm³/mol. The summed E-state index contributed by atoms with van der Waals surface area (Å²) in [4.78, 5) is 0.438. The van der Waals surface area contributed by atoms with E-state index in [4.69, 9.17) is 22.7 Å². The molecule has 0 aliphatic rings. The Kier molecular flexibility index (Phi) is 3.73. The Bertz CT molecular complexity index is 103. The smallest absolute Gasteiger partial charge is 0.109 e. The van der Waals surface area contributed by atoms with Crippen LogP contribution < -0.4 is 5.73 Å². The molecule has 0 aromatic rings. The zero-order chi connectivity index (χ0) is 7.44. The van der Waals surface area contributed by atoms with Crippen molar-refractivity contribution >= 4 is 17.2 Å². The summed E-state index contributed by atoms with van der Waals surface area (Å²) in [6.07, 6.45) is -0.0694. The van der Waals surface area contributed by atoms with E-state index >= 15 is 0 Å². The van der Waals surface area contributed by atoms with Gasteiger partial charge in [0.15, 0.2) is 0 Å². The number of hydrogen-bond acceptors (Lipinski definition) is 2. The van der Waals surface area contributed by atoms with E-state index in [2.05, 4.69) is 0 Å². The van der Waals surface area contributed by atoms with E-state index < -0.39 is 0 Å². The van der Waals surface area contributed by atoms with Crippen LogP contribution in [0.3, 0.4) is 0 Å². The van der Waals surface area contributed by atoms with Crippen molar-refractivity contribution in [2.75, 3.05) is 7.11 Å². The van der Waals surface area contributed by atoms with Gasteiger partial charge in [0, 0.05) is 7.11 Å². The molecule has 0 rings (SSSR count). The molecule has 0 heterocycles. The van der Waals surface area contributed by atoms with Gasteiger partial charge in [0.2, 0.25) is 0 Å². The summed E-state index contributed by atoms with van der Waals surface area (Å²) < 4.78 is 5.01. The molecule has 9 heavy (non-hydrogen) atoms. The Hall–Kier alpha value is -0.150. The summed E-state index contributed by atoms with van der Waals surface area (Å²) in [7, 11) is 1.61. The fourth-order valence-electron chi connectivity index (χ4n) is 0.717. The first-order valence-corrected chi connectivity index (χ1v) is 3.32. The molecule has 1 unspecified atom stereocenters. The minimum absolute atomic E-state index is 0.0694. The van der Waals surface area contributed by atoms with E-state index in [-0.39, 0.29) is 6.10 Å². The highest BCUT2D eigenvalue weighted by molar-refractivity contribution is 7.80. The van der Waals surface area contributed by atoms with Crippen LogP contribution in [0.15, 0.2) is 0 Å². The standard InChI is InChI=1S/C6H13NOS/c1-4(2)5(8-3)6(7)9/h4-5H,1-3H3,(H2,7,9). The lowest BCUT2D eigenvalue weighted by molar-refractivity contribution is 0.119. The topological polar surface area (TPSA) is 35.2 Å². The quantitative estimate of drug-likeness (QED) is 0.603. The van der Waals surface area contributed by atoms with Gasteiger partial charge in [-0.05, 0) is 5.92 Å². The third-order valence-electron chi connectivity index (χ3n) is 1.14. The van der Waals surface area contributed by atoms with Gasteiger partial charge in [0.25, 0.3) is 0 Å². The number of ether oxygens (including phenoxy) is 1. The van der Waals surface area contributed by atoms with Gasteiger partial charge in [-0.15, -0.1) is 0 Å². The van der Waals surface area contributed by atoms with Crippen LogP contribution in [-0.2, 0) is 4.74 Å². The molecule has 0 amide bonds. The maximum Gasteiger partial charge on any atom is 0.109 e. The molecule has 0 saturated carbocycles. The van der Waals surface area contributed by atoms with E-state index in [1.807, 2.05) is 13.8 Å². The summed E-state index contributed by atoms with van der Waals surface area (Å²) in [6, 6.07) is 0. The predicted octanol–water partition coefficient (Wildman–Crippen LogP) is 0.944. The van der Waals surface area contributed by atoms with Crippen LogP contribution in [-0.4, -0.2) is 18.2 Å². The zero-order valence-electron chi connectivity index (χ0n) is 6.05. The molecule has 2 nitrogen and oxygen atoms in total. The summed E-state index contributed by atoms with van der Waals surface area (Å²) in [5.41, 5.74) is 5.35. The maximum atomic E-state index is 5.35. The summed E-state index contributed by atoms with van der Waals surface area (Å²) >= 11 is 4.75. The number of nitrogens with two attached hydrogens (primary N) is 1. The van der Waals surface area contributed by atoms with Crippen molar-refractivity contribution in [2.24, 2.45) is 11.7 Å². The van der Waals surface area contributed by atoms with Gasteiger partial charge in [-0.2, -0.15) is 0 Å². The average molecular weight is 147 g/mol. The van der Waals surface area contributed by atoms with Crippen LogP contribution in [0.2, 0.25) is 0 Å². The van der Waals surface area contributed by atoms with Crippen molar-refractivity contribution in [2.45, 2.75) is 20.0 Å². The molecular formula is C6H13NOS. The summed E-state index contributed by atoms with van der Waals surface area (Å²) in [5, 5.41) is 0. The van der Waals surface area contributed by atoms with Crippen molar-refractivity contribution in [3.8, 4) is 0 Å². The Morgan fingerprint density at radius 2 is 2.00 bits per heavy atom. The monoisotopic (exact) mass is 147 g/mol. The highest BCUT2D eigenvalue weighted by atomic mass is 32.1. The highest BCUT2D eigenvalue weighted by Crippen LogP contribution is 2.04. The number of thiocarbonyl (C=S) groups is 1. The average Bonchev–Trinajstić information content (AvgIpc) is 1.64. The SMILES string of the molecule is COC(C(N)=S)C(C)C. The lowest BCUT2D eigenvalue weighted by Crippen LogP contribution is -2.32. The van der Waals surface area contributed by atoms with Gasteiger partial charge in [-0.25, -0.2) is 0 Å². The second-order valence-electron chi connectivity index (χ2n) is 2.30. The van der Waals surface area contributed by atoms with Crippen LogP contribution >= 0.6 is 12.2 Å². The Balaban J connectivity index is 3.83. The van der Waals surface area contributed by atoms with Gasteiger partial charge in [-0.1, -0.05) is 26.1 Å². The maximum absolute atomic E-state index is 5.35. The Labute approximate surface area is 61.4 Å². The lowest BCUT2D eigenvalue weighted by Gasteiger charge is -2.16. The largest absolute Gasteiger partial charge is 0.391 e. The molecule has 0 aliphatic heterocycles. The minimum atomic E-state index is -0.0694. The van der Waals surface area contributed by atoms with Crippen LogP contribution in [0, 0.1) is 5.92 Å². The third-order valence-corrected chi connectivity index (χ3v) is 1.37. The summed E-state index contributed by atoms with van der Waals surface area (Å²) in [6.45, 7) is 4.04. The van der Waals surface area contributed by atoms with Crippen molar-refractivity contribution in [3.05, 3.63) is 0 Å². The number of hydrogen-bond donors (Lipinski definition) is 1. The van der Waals surface area contributed by atoms with Gasteiger partial charge >= 0.3 is 0 Å². The molecule has 2 N–H and O–H groups in total. The highest BCUT2D eigenvalue weighted by Gasteiger charge is 2.13. The molecule has 0 aromatic carbocycles. The minimum Gasteiger partial charge on any atom is -0.391 e. The first-order chi connectivity index (χ1) is 4.09. The molecule has 54 valence electrons. The molecule has 0 saturated heterocycles. The molecular weight excluding hydrogens is 134 g/mol. The van der Waals surface area contributed by atoms with Crippen molar-refractivity contribution in [1.82, 2.24) is 0 Å². The fraction of sp³-hybridized carbons (Fsp3) is 0.833. The number of methoxy groups -OCH3 is 1. The first kappa shape index (κ1) is 8.85. The second kappa shape index (κ2) is 3.80. The van der Waals surface area contributed by atoms with Crippen molar-refractivity contribution < 1.29 is 4.74 Å². The lowest BCUT2D eigenvalue weighted by atomic mass is 10.1. The van der Waals surface area contributed by atoms with E-state index in [9.17, 15) is 0 Å². The molecule has 0 aliphatic carbocycles. The Morgan fingerprint density at radius 1 is 1.56 bits per heavy atom. The molecule has 3 heteroatoms. The van der Waals surface area contributed by atoms with E-state index in [0.29, 0.717) is 10.9 Å². The van der Waals surface area contributed by atoms with Crippen LogP contribution in [0.5, 0.6) is 0 Å². The molecule has 0 radical (unpaired) electrons. The molecule has 0 bridgehead atoms. The van der Waals surface area contributed by atoms with E-state index in [1.165, 1.54) is 0 Å². The summed E-state index contributed by atoms with van der Waals surface area (Å²) in [5.74, 6) is 0.368. The van der Waals surface area contributed by atoms with Crippen molar-refractivity contribution in [3.63, 3.8) is 0 Å². The van der Waals surface area contributed by atoms with Crippen LogP contribution in [0.25, 0.3) is 0 Å². The van der Waals surface area contributed by atoms with Gasteiger partial charge in [0.1, 0.15) is 11.1 Å². The van der Waals surface area contributed by atoms with Crippen molar-refractivity contribution in [1.29, 1.82) is 0 Å². The Morgan fingerprint density at radius 3 is 2.00 bits per heavy atom. The van der Waals surface area contributed by atoms with Gasteiger partial charge in [-0.3, -0.25) is 0 Å². The third kappa shape index (κ3) is 2.77. The molecule has 0 spiro atoms. The zero-order valence-corrected chi connectivity index (χ0v) is 6.87. The molecule has 0 aromatic heterocycles. The fourth-order valence-corrected chi connectivity index (χ4v) is 1.09. The van der Waals surface area contributed by atoms with Gasteiger partial charge in [0.05, 0.1) is 0 Å². The van der Waals surface area contributed by atoms with Gasteiger partial charge < -0.3 is 10.5 Å². The first-order valence-electron chi connectivity index (χ1n) is 2.91. The number of rotatable bonds is 3. The van der Waals surface area contributed by atoms with Crippen LogP contribution in [0.4, 0.5) is 0 Å². The normalized spacial score (nSPS) is 13.8.